The lowest BCUT2D eigenvalue weighted by molar-refractivity contribution is -0.131. The third-order valence-corrected chi connectivity index (χ3v) is 4.65. The van der Waals surface area contributed by atoms with Crippen molar-refractivity contribution in [2.75, 3.05) is 24.7 Å². The molecule has 3 rings (SSSR count). The molecule has 2 N–H and O–H groups in total. The van der Waals surface area contributed by atoms with Crippen molar-refractivity contribution in [2.24, 2.45) is 0 Å². The zero-order chi connectivity index (χ0) is 21.7. The van der Waals surface area contributed by atoms with Crippen LogP contribution in [0.4, 0.5) is 5.69 Å². The van der Waals surface area contributed by atoms with Crippen LogP contribution in [0.15, 0.2) is 61.2 Å². The molecule has 0 spiro atoms. The normalized spacial score (nSPS) is 13.7. The molecule has 1 aliphatic heterocycles. The van der Waals surface area contributed by atoms with Crippen molar-refractivity contribution in [3.8, 4) is 11.5 Å². The summed E-state index contributed by atoms with van der Waals surface area (Å²) >= 11 is 6.17. The van der Waals surface area contributed by atoms with Gasteiger partial charge >= 0.3 is 5.97 Å². The van der Waals surface area contributed by atoms with E-state index in [-0.39, 0.29) is 6.54 Å². The predicted octanol–water partition coefficient (Wildman–Crippen LogP) is 3.35. The third kappa shape index (κ3) is 4.64. The van der Waals surface area contributed by atoms with E-state index in [2.05, 4.69) is 6.58 Å². The van der Waals surface area contributed by atoms with Gasteiger partial charge in [-0.3, -0.25) is 4.79 Å². The van der Waals surface area contributed by atoms with Crippen LogP contribution in [0.2, 0.25) is 5.02 Å². The number of aliphatic hydroxyl groups is 1. The third-order valence-electron chi connectivity index (χ3n) is 4.41. The summed E-state index contributed by atoms with van der Waals surface area (Å²) in [5.41, 5.74) is 1.17. The molecule has 0 saturated heterocycles. The first-order chi connectivity index (χ1) is 14.4. The molecule has 0 fully saturated rings. The molecular formula is C22H20ClNO6. The molecule has 2 aromatic carbocycles. The molecule has 1 aliphatic rings. The number of carbonyl (C=O) groups excluding carboxylic acids is 1. The summed E-state index contributed by atoms with van der Waals surface area (Å²) in [4.78, 5) is 24.7. The van der Waals surface area contributed by atoms with Gasteiger partial charge in [-0.15, -0.1) is 6.58 Å². The zero-order valence-electron chi connectivity index (χ0n) is 16.0. The minimum absolute atomic E-state index is 0.0939. The quantitative estimate of drug-likeness (QED) is 0.517. The number of carboxylic acid groups (broad SMARTS) is 1. The Balaban J connectivity index is 2.07. The maximum absolute atomic E-state index is 12.6. The van der Waals surface area contributed by atoms with Crippen molar-refractivity contribution in [3.05, 3.63) is 77.4 Å². The van der Waals surface area contributed by atoms with E-state index in [4.69, 9.17) is 26.2 Å². The second kappa shape index (κ2) is 9.47. The first-order valence-corrected chi connectivity index (χ1v) is 9.49. The van der Waals surface area contributed by atoms with Gasteiger partial charge in [-0.1, -0.05) is 29.8 Å². The Morgan fingerprint density at radius 1 is 1.17 bits per heavy atom. The summed E-state index contributed by atoms with van der Waals surface area (Å²) in [6.07, 6.45) is 2.01. The minimum atomic E-state index is -1.24. The molecule has 1 heterocycles. The summed E-state index contributed by atoms with van der Waals surface area (Å²) in [7, 11) is 0. The second-order valence-corrected chi connectivity index (χ2v) is 6.82. The van der Waals surface area contributed by atoms with Gasteiger partial charge in [0.05, 0.1) is 5.69 Å². The van der Waals surface area contributed by atoms with Crippen LogP contribution in [-0.4, -0.2) is 41.8 Å². The van der Waals surface area contributed by atoms with Crippen molar-refractivity contribution in [2.45, 2.75) is 6.10 Å². The number of fused-ring (bicyclic) bond motifs is 1. The van der Waals surface area contributed by atoms with Gasteiger partial charge < -0.3 is 24.6 Å². The van der Waals surface area contributed by atoms with Crippen molar-refractivity contribution in [1.82, 2.24) is 0 Å². The lowest BCUT2D eigenvalue weighted by Crippen LogP contribution is -2.31. The first kappa shape index (κ1) is 21.4. The van der Waals surface area contributed by atoms with Gasteiger partial charge in [-0.2, -0.15) is 0 Å². The van der Waals surface area contributed by atoms with Crippen LogP contribution in [0, 0.1) is 0 Å². The number of ether oxygens (including phenoxy) is 2. The van der Waals surface area contributed by atoms with Crippen LogP contribution >= 0.6 is 11.6 Å². The maximum Gasteiger partial charge on any atom is 0.328 e. The van der Waals surface area contributed by atoms with Crippen molar-refractivity contribution >= 4 is 29.2 Å². The molecular weight excluding hydrogens is 410 g/mol. The number of hydrogen-bond acceptors (Lipinski definition) is 5. The summed E-state index contributed by atoms with van der Waals surface area (Å²) < 4.78 is 11.3. The van der Waals surface area contributed by atoms with E-state index < -0.39 is 18.0 Å². The monoisotopic (exact) mass is 429 g/mol. The number of carboxylic acids is 1. The molecule has 0 bridgehead atoms. The molecule has 7 nitrogen and oxygen atoms in total. The van der Waals surface area contributed by atoms with Gasteiger partial charge in [0, 0.05) is 34.8 Å². The Kier molecular flexibility index (Phi) is 6.76. The number of amides is 1. The number of nitrogens with zero attached hydrogens (tertiary/aromatic N) is 1. The maximum atomic E-state index is 12.6. The Hall–Kier alpha value is -3.29. The molecule has 1 unspecified atom stereocenters. The second-order valence-electron chi connectivity index (χ2n) is 6.39. The molecule has 156 valence electrons. The number of aliphatic hydroxyl groups excluding tert-OH is 1. The highest BCUT2D eigenvalue weighted by atomic mass is 35.5. The first-order valence-electron chi connectivity index (χ1n) is 9.11. The van der Waals surface area contributed by atoms with E-state index in [1.165, 1.54) is 11.0 Å². The zero-order valence-corrected chi connectivity index (χ0v) is 16.7. The van der Waals surface area contributed by atoms with Crippen LogP contribution < -0.4 is 14.4 Å². The van der Waals surface area contributed by atoms with Gasteiger partial charge in [0.1, 0.15) is 19.3 Å². The molecule has 0 aromatic heterocycles. The Morgan fingerprint density at radius 2 is 1.93 bits per heavy atom. The Morgan fingerprint density at radius 3 is 2.67 bits per heavy atom. The minimum Gasteiger partial charge on any atom is -0.486 e. The summed E-state index contributed by atoms with van der Waals surface area (Å²) in [5, 5.41) is 20.4. The highest BCUT2D eigenvalue weighted by Gasteiger charge is 2.26. The van der Waals surface area contributed by atoms with Crippen LogP contribution in [-0.2, 0) is 9.59 Å². The number of para-hydroxylation sites is 1. The van der Waals surface area contributed by atoms with Crippen LogP contribution in [0.1, 0.15) is 17.2 Å². The Labute approximate surface area is 178 Å². The average molecular weight is 430 g/mol. The molecule has 2 aromatic rings. The number of anilines is 1. The fourth-order valence-electron chi connectivity index (χ4n) is 3.14. The van der Waals surface area contributed by atoms with Crippen LogP contribution in [0.25, 0.3) is 0 Å². The smallest absolute Gasteiger partial charge is 0.328 e. The molecule has 0 aliphatic carbocycles. The number of hydrogen-bond donors (Lipinski definition) is 2. The number of benzene rings is 2. The van der Waals surface area contributed by atoms with Crippen molar-refractivity contribution in [1.29, 1.82) is 0 Å². The van der Waals surface area contributed by atoms with Gasteiger partial charge in [0.15, 0.2) is 11.5 Å². The Bertz CT molecular complexity index is 1000. The van der Waals surface area contributed by atoms with Crippen LogP contribution in [0.5, 0.6) is 11.5 Å². The van der Waals surface area contributed by atoms with Gasteiger partial charge in [0.2, 0.25) is 0 Å². The number of rotatable bonds is 7. The number of halogens is 1. The fraction of sp³-hybridized carbons (Fsp3) is 0.182. The van der Waals surface area contributed by atoms with E-state index in [0.717, 1.165) is 12.2 Å². The number of carbonyl (C=O) groups is 2. The van der Waals surface area contributed by atoms with E-state index in [1.54, 1.807) is 36.4 Å². The molecule has 0 saturated carbocycles. The topological polar surface area (TPSA) is 96.3 Å². The van der Waals surface area contributed by atoms with E-state index >= 15 is 0 Å². The van der Waals surface area contributed by atoms with Crippen molar-refractivity contribution in [3.63, 3.8) is 0 Å². The highest BCUT2D eigenvalue weighted by Crippen LogP contribution is 2.41. The van der Waals surface area contributed by atoms with Crippen LogP contribution in [0.3, 0.4) is 0 Å². The lowest BCUT2D eigenvalue weighted by Gasteiger charge is -2.27. The summed E-state index contributed by atoms with van der Waals surface area (Å²) in [5.74, 6) is -0.881. The van der Waals surface area contributed by atoms with Crippen molar-refractivity contribution < 1.29 is 29.3 Å². The van der Waals surface area contributed by atoms with E-state index in [9.17, 15) is 14.7 Å². The standard InChI is InChI=1S/C22H20ClNO6/c1-2-10-24(19(25)8-9-20(26)27)17-7-6-14(23)13-16(17)21(28)15-4-3-5-18-22(15)30-12-11-29-18/h2-9,13,21,28H,1,10-12H2,(H,26,27)/b9-8+. The summed E-state index contributed by atoms with van der Waals surface area (Å²) in [6, 6.07) is 9.90. The van der Waals surface area contributed by atoms with Gasteiger partial charge in [-0.25, -0.2) is 4.79 Å². The fourth-order valence-corrected chi connectivity index (χ4v) is 3.32. The molecule has 1 amide bonds. The van der Waals surface area contributed by atoms with Gasteiger partial charge in [0.25, 0.3) is 5.91 Å². The molecule has 0 radical (unpaired) electrons. The highest BCUT2D eigenvalue weighted by molar-refractivity contribution is 6.30. The number of aliphatic carboxylic acids is 1. The lowest BCUT2D eigenvalue weighted by atomic mass is 9.97. The van der Waals surface area contributed by atoms with E-state index in [0.29, 0.717) is 46.5 Å². The summed E-state index contributed by atoms with van der Waals surface area (Å²) in [6.45, 7) is 4.50. The van der Waals surface area contributed by atoms with E-state index in [1.807, 2.05) is 0 Å². The average Bonchev–Trinajstić information content (AvgIpc) is 2.75. The van der Waals surface area contributed by atoms with Gasteiger partial charge in [-0.05, 0) is 24.3 Å². The largest absolute Gasteiger partial charge is 0.486 e. The predicted molar refractivity (Wildman–Crippen MR) is 112 cm³/mol. The molecule has 1 atom stereocenters. The molecule has 30 heavy (non-hydrogen) atoms. The SMILES string of the molecule is C=CCN(C(=O)/C=C/C(=O)O)c1ccc(Cl)cc1C(O)c1cccc2c1OCCO2. The molecule has 8 heteroatoms.